The zero-order valence-electron chi connectivity index (χ0n) is 10.3. The topological polar surface area (TPSA) is 41.0 Å². The Morgan fingerprint density at radius 3 is 2.62 bits per heavy atom. The van der Waals surface area contributed by atoms with Crippen LogP contribution in [0.4, 0.5) is 5.82 Å². The summed E-state index contributed by atoms with van der Waals surface area (Å²) in [4.78, 5) is 10.9. The van der Waals surface area contributed by atoms with Gasteiger partial charge in [0, 0.05) is 36.9 Å². The highest BCUT2D eigenvalue weighted by Gasteiger charge is 2.21. The minimum absolute atomic E-state index is 0.517. The van der Waals surface area contributed by atoms with Crippen LogP contribution in [0.2, 0.25) is 0 Å². The lowest BCUT2D eigenvalue weighted by Gasteiger charge is -2.36. The molecular formula is C12H20N4. The van der Waals surface area contributed by atoms with Crippen molar-refractivity contribution in [3.05, 3.63) is 18.1 Å². The van der Waals surface area contributed by atoms with Crippen molar-refractivity contribution in [2.45, 2.75) is 39.3 Å². The Bertz CT molecular complexity index is 343. The van der Waals surface area contributed by atoms with Crippen molar-refractivity contribution in [3.63, 3.8) is 0 Å². The van der Waals surface area contributed by atoms with E-state index in [1.165, 1.54) is 0 Å². The molecule has 1 aromatic rings. The van der Waals surface area contributed by atoms with Gasteiger partial charge in [-0.15, -0.1) is 0 Å². The van der Waals surface area contributed by atoms with Gasteiger partial charge < -0.3 is 10.2 Å². The Labute approximate surface area is 97.1 Å². The molecule has 88 valence electrons. The summed E-state index contributed by atoms with van der Waals surface area (Å²) in [5, 5.41) is 3.52. The maximum atomic E-state index is 4.37. The average Bonchev–Trinajstić information content (AvgIpc) is 2.28. The minimum Gasteiger partial charge on any atom is -0.353 e. The number of hydrogen-bond donors (Lipinski definition) is 1. The van der Waals surface area contributed by atoms with Crippen molar-refractivity contribution in [2.75, 3.05) is 18.0 Å². The lowest BCUT2D eigenvalue weighted by molar-refractivity contribution is 0.405. The number of aromatic nitrogens is 2. The molecule has 16 heavy (non-hydrogen) atoms. The van der Waals surface area contributed by atoms with E-state index in [1.54, 1.807) is 6.33 Å². The van der Waals surface area contributed by atoms with Gasteiger partial charge in [-0.3, -0.25) is 0 Å². The van der Waals surface area contributed by atoms with E-state index in [0.29, 0.717) is 12.1 Å². The van der Waals surface area contributed by atoms with Gasteiger partial charge in [-0.05, 0) is 20.3 Å². The predicted molar refractivity (Wildman–Crippen MR) is 65.7 cm³/mol. The lowest BCUT2D eigenvalue weighted by atomic mass is 10.1. The summed E-state index contributed by atoms with van der Waals surface area (Å²) in [6.45, 7) is 8.58. The second-order valence-corrected chi connectivity index (χ2v) is 4.59. The van der Waals surface area contributed by atoms with Gasteiger partial charge >= 0.3 is 0 Å². The number of piperazine rings is 1. The zero-order valence-corrected chi connectivity index (χ0v) is 10.3. The summed E-state index contributed by atoms with van der Waals surface area (Å²) in [6.07, 6.45) is 2.64. The van der Waals surface area contributed by atoms with E-state index in [2.05, 4.69) is 47.0 Å². The smallest absolute Gasteiger partial charge is 0.132 e. The summed E-state index contributed by atoms with van der Waals surface area (Å²) in [5.74, 6) is 1.06. The monoisotopic (exact) mass is 220 g/mol. The van der Waals surface area contributed by atoms with Crippen LogP contribution in [0.5, 0.6) is 0 Å². The molecule has 1 aliphatic rings. The number of nitrogens with one attached hydrogen (secondary N) is 1. The average molecular weight is 220 g/mol. The summed E-state index contributed by atoms with van der Waals surface area (Å²) < 4.78 is 0. The Balaban J connectivity index is 2.16. The third-order valence-corrected chi connectivity index (χ3v) is 2.95. The molecule has 0 aliphatic carbocycles. The van der Waals surface area contributed by atoms with Crippen molar-refractivity contribution >= 4 is 5.82 Å². The van der Waals surface area contributed by atoms with Crippen molar-refractivity contribution in [2.24, 2.45) is 0 Å². The largest absolute Gasteiger partial charge is 0.353 e. The Kier molecular flexibility index (Phi) is 3.39. The second-order valence-electron chi connectivity index (χ2n) is 4.59. The van der Waals surface area contributed by atoms with Gasteiger partial charge in [-0.1, -0.05) is 6.92 Å². The standard InChI is InChI=1S/C12H20N4/c1-4-11-5-12(14-8-13-11)16-6-9(2)15-10(3)7-16/h5,8-10,15H,4,6-7H2,1-3H3. The molecule has 4 heteroatoms. The Hall–Kier alpha value is -1.16. The molecule has 2 rings (SSSR count). The first kappa shape index (κ1) is 11.3. The Morgan fingerprint density at radius 1 is 1.31 bits per heavy atom. The highest BCUT2D eigenvalue weighted by atomic mass is 15.3. The molecule has 0 radical (unpaired) electrons. The fourth-order valence-corrected chi connectivity index (χ4v) is 2.27. The molecular weight excluding hydrogens is 200 g/mol. The van der Waals surface area contributed by atoms with Crippen LogP contribution < -0.4 is 10.2 Å². The number of aryl methyl sites for hydroxylation is 1. The van der Waals surface area contributed by atoms with Gasteiger partial charge in [0.25, 0.3) is 0 Å². The number of anilines is 1. The van der Waals surface area contributed by atoms with Crippen LogP contribution >= 0.6 is 0 Å². The molecule has 0 bridgehead atoms. The highest BCUT2D eigenvalue weighted by molar-refractivity contribution is 5.40. The molecule has 0 saturated carbocycles. The van der Waals surface area contributed by atoms with Gasteiger partial charge in [-0.2, -0.15) is 0 Å². The first-order chi connectivity index (χ1) is 7.69. The number of hydrogen-bond acceptors (Lipinski definition) is 4. The molecule has 2 atom stereocenters. The third-order valence-electron chi connectivity index (χ3n) is 2.95. The number of nitrogens with zero attached hydrogens (tertiary/aromatic N) is 3. The number of rotatable bonds is 2. The van der Waals surface area contributed by atoms with E-state index < -0.39 is 0 Å². The molecule has 1 aliphatic heterocycles. The van der Waals surface area contributed by atoms with Crippen LogP contribution in [0.1, 0.15) is 26.5 Å². The van der Waals surface area contributed by atoms with Crippen molar-refractivity contribution in [3.8, 4) is 0 Å². The van der Waals surface area contributed by atoms with Crippen LogP contribution in [-0.2, 0) is 6.42 Å². The predicted octanol–water partition coefficient (Wildman–Crippen LogP) is 1.23. The van der Waals surface area contributed by atoms with Crippen LogP contribution in [0, 0.1) is 0 Å². The minimum atomic E-state index is 0.517. The van der Waals surface area contributed by atoms with E-state index in [-0.39, 0.29) is 0 Å². The maximum absolute atomic E-state index is 4.37. The van der Waals surface area contributed by atoms with Crippen molar-refractivity contribution < 1.29 is 0 Å². The van der Waals surface area contributed by atoms with E-state index in [4.69, 9.17) is 0 Å². The van der Waals surface area contributed by atoms with Gasteiger partial charge in [0.15, 0.2) is 0 Å². The van der Waals surface area contributed by atoms with E-state index in [1.807, 2.05) is 0 Å². The SMILES string of the molecule is CCc1cc(N2CC(C)NC(C)C2)ncn1. The van der Waals surface area contributed by atoms with Crippen LogP contribution in [-0.4, -0.2) is 35.1 Å². The van der Waals surface area contributed by atoms with Gasteiger partial charge in [0.1, 0.15) is 12.1 Å². The van der Waals surface area contributed by atoms with E-state index in [9.17, 15) is 0 Å². The molecule has 0 aromatic carbocycles. The molecule has 2 heterocycles. The summed E-state index contributed by atoms with van der Waals surface area (Å²) in [5.41, 5.74) is 1.11. The van der Waals surface area contributed by atoms with Crippen molar-refractivity contribution in [1.82, 2.24) is 15.3 Å². The Morgan fingerprint density at radius 2 is 2.00 bits per heavy atom. The molecule has 1 saturated heterocycles. The normalized spacial score (nSPS) is 25.8. The molecule has 0 spiro atoms. The van der Waals surface area contributed by atoms with Gasteiger partial charge in [-0.25, -0.2) is 9.97 Å². The summed E-state index contributed by atoms with van der Waals surface area (Å²) >= 11 is 0. The summed E-state index contributed by atoms with van der Waals surface area (Å²) in [6, 6.07) is 3.14. The fraction of sp³-hybridized carbons (Fsp3) is 0.667. The molecule has 1 aromatic heterocycles. The lowest BCUT2D eigenvalue weighted by Crippen LogP contribution is -2.54. The van der Waals surface area contributed by atoms with Crippen LogP contribution in [0.15, 0.2) is 12.4 Å². The third kappa shape index (κ3) is 2.50. The summed E-state index contributed by atoms with van der Waals surface area (Å²) in [7, 11) is 0. The fourth-order valence-electron chi connectivity index (χ4n) is 2.27. The molecule has 4 nitrogen and oxygen atoms in total. The van der Waals surface area contributed by atoms with E-state index in [0.717, 1.165) is 31.0 Å². The highest BCUT2D eigenvalue weighted by Crippen LogP contribution is 2.15. The van der Waals surface area contributed by atoms with E-state index >= 15 is 0 Å². The quantitative estimate of drug-likeness (QED) is 0.814. The van der Waals surface area contributed by atoms with Crippen LogP contribution in [0.3, 0.4) is 0 Å². The van der Waals surface area contributed by atoms with Gasteiger partial charge in [0.2, 0.25) is 0 Å². The molecule has 1 fully saturated rings. The van der Waals surface area contributed by atoms with Crippen LogP contribution in [0.25, 0.3) is 0 Å². The van der Waals surface area contributed by atoms with Gasteiger partial charge in [0.05, 0.1) is 0 Å². The molecule has 2 unspecified atom stereocenters. The first-order valence-electron chi connectivity index (χ1n) is 6.01. The zero-order chi connectivity index (χ0) is 11.5. The molecule has 1 N–H and O–H groups in total. The first-order valence-corrected chi connectivity index (χ1v) is 6.01. The van der Waals surface area contributed by atoms with Crippen molar-refractivity contribution in [1.29, 1.82) is 0 Å². The maximum Gasteiger partial charge on any atom is 0.132 e. The molecule has 0 amide bonds. The second kappa shape index (κ2) is 4.78.